The number of H-pyrrole nitrogens is 1. The Bertz CT molecular complexity index is 1120. The maximum absolute atomic E-state index is 13.3. The second kappa shape index (κ2) is 5.84. The van der Waals surface area contributed by atoms with Gasteiger partial charge in [0.1, 0.15) is 22.2 Å². The number of fused-ring (bicyclic) bond motifs is 3. The number of allylic oxidation sites excluding steroid dienone is 1. The fraction of sp³-hybridized carbons (Fsp3) is 0.222. The summed E-state index contributed by atoms with van der Waals surface area (Å²) in [5.41, 5.74) is 2.09. The van der Waals surface area contributed by atoms with Crippen LogP contribution in [-0.4, -0.2) is 61.9 Å². The first-order valence-corrected chi connectivity index (χ1v) is 9.58. The molecular weight excluding hydrogens is 352 g/mol. The molecule has 26 heavy (non-hydrogen) atoms. The number of likely N-dealkylation sites (N-methyl/N-ethyl adjacent to an activating group) is 1. The molecule has 7 nitrogen and oxygen atoms in total. The van der Waals surface area contributed by atoms with Crippen LogP contribution >= 0.6 is 0 Å². The third-order valence-electron chi connectivity index (χ3n) is 4.56. The lowest BCUT2D eigenvalue weighted by molar-refractivity contribution is 0.0998. The summed E-state index contributed by atoms with van der Waals surface area (Å²) in [5, 5.41) is 11.9. The van der Waals surface area contributed by atoms with Crippen LogP contribution in [0, 0.1) is 0 Å². The number of rotatable bonds is 3. The number of ketones is 1. The number of benzene rings is 1. The molecule has 1 atom stereocenters. The predicted molar refractivity (Wildman–Crippen MR) is 101 cm³/mol. The summed E-state index contributed by atoms with van der Waals surface area (Å²) in [5.74, 6) is -0.116. The lowest BCUT2D eigenvalue weighted by atomic mass is 10.1. The molecule has 1 aliphatic heterocycles. The van der Waals surface area contributed by atoms with Gasteiger partial charge < -0.3 is 19.9 Å². The van der Waals surface area contributed by atoms with Gasteiger partial charge in [-0.1, -0.05) is 0 Å². The number of phenolic OH excluding ortho intramolecular Hbond substituents is 1. The minimum atomic E-state index is -1.30. The van der Waals surface area contributed by atoms with Gasteiger partial charge in [-0.05, 0) is 24.3 Å². The van der Waals surface area contributed by atoms with E-state index in [1.54, 1.807) is 42.6 Å². The zero-order chi connectivity index (χ0) is 18.6. The van der Waals surface area contributed by atoms with Crippen molar-refractivity contribution in [3.63, 3.8) is 0 Å². The maximum atomic E-state index is 13.3. The molecule has 0 radical (unpaired) electrons. The van der Waals surface area contributed by atoms with Crippen LogP contribution < -0.4 is 0 Å². The van der Waals surface area contributed by atoms with Crippen molar-refractivity contribution >= 4 is 38.4 Å². The van der Waals surface area contributed by atoms with Gasteiger partial charge in [0, 0.05) is 42.8 Å². The van der Waals surface area contributed by atoms with Gasteiger partial charge in [-0.2, -0.15) is 0 Å². The van der Waals surface area contributed by atoms with Crippen LogP contribution in [0.5, 0.6) is 5.75 Å². The van der Waals surface area contributed by atoms with E-state index >= 15 is 0 Å². The van der Waals surface area contributed by atoms with Crippen LogP contribution in [0.25, 0.3) is 21.8 Å². The van der Waals surface area contributed by atoms with E-state index in [-0.39, 0.29) is 17.2 Å². The summed E-state index contributed by atoms with van der Waals surface area (Å²) in [4.78, 5) is 24.4. The number of Topliss-reactive ketones (excluding diaryl/α,β-unsaturated/α-hetero) is 1. The van der Waals surface area contributed by atoms with E-state index < -0.39 is 10.8 Å². The third kappa shape index (κ3) is 2.37. The van der Waals surface area contributed by atoms with Crippen LogP contribution in [0.15, 0.2) is 41.2 Å². The molecule has 4 rings (SSSR count). The number of pyridine rings is 1. The minimum Gasteiger partial charge on any atom is -0.508 e. The molecule has 0 amide bonds. The number of aromatic amines is 1. The second-order valence-electron chi connectivity index (χ2n) is 6.41. The molecule has 134 valence electrons. The number of aromatic hydroxyl groups is 1. The topological polar surface area (TPSA) is 89.5 Å². The van der Waals surface area contributed by atoms with Crippen molar-refractivity contribution < 1.29 is 14.1 Å². The molecule has 0 bridgehead atoms. The van der Waals surface area contributed by atoms with Crippen molar-refractivity contribution in [3.05, 3.63) is 46.9 Å². The highest BCUT2D eigenvalue weighted by atomic mass is 32.2. The Balaban J connectivity index is 1.96. The largest absolute Gasteiger partial charge is 0.508 e. The number of nitrogens with one attached hydrogen (secondary N) is 1. The molecule has 0 saturated carbocycles. The number of nitrogens with zero attached hydrogens (tertiary/aromatic N) is 3. The first kappa shape index (κ1) is 16.6. The van der Waals surface area contributed by atoms with Gasteiger partial charge in [-0.3, -0.25) is 14.0 Å². The Kier molecular flexibility index (Phi) is 3.73. The average molecular weight is 370 g/mol. The normalized spacial score (nSPS) is 16.1. The molecule has 8 heteroatoms. The molecule has 3 aromatic rings. The van der Waals surface area contributed by atoms with Crippen LogP contribution in [-0.2, 0) is 10.8 Å². The summed E-state index contributed by atoms with van der Waals surface area (Å²) < 4.78 is 12.2. The van der Waals surface area contributed by atoms with Gasteiger partial charge in [0.25, 0.3) is 0 Å². The van der Waals surface area contributed by atoms with Crippen LogP contribution in [0.1, 0.15) is 10.5 Å². The Labute approximate surface area is 152 Å². The molecule has 0 saturated heterocycles. The molecule has 0 fully saturated rings. The molecular formula is C18H18N4O3S. The zero-order valence-electron chi connectivity index (χ0n) is 14.6. The van der Waals surface area contributed by atoms with Crippen molar-refractivity contribution in [2.75, 3.05) is 27.0 Å². The lowest BCUT2D eigenvalue weighted by Gasteiger charge is -2.15. The fourth-order valence-electron chi connectivity index (χ4n) is 3.52. The van der Waals surface area contributed by atoms with E-state index in [9.17, 15) is 14.1 Å². The Morgan fingerprint density at radius 2 is 2.00 bits per heavy atom. The molecule has 0 aliphatic carbocycles. The van der Waals surface area contributed by atoms with Crippen molar-refractivity contribution in [2.24, 2.45) is 0 Å². The van der Waals surface area contributed by atoms with E-state index in [0.717, 1.165) is 16.3 Å². The van der Waals surface area contributed by atoms with Crippen molar-refractivity contribution in [2.45, 2.75) is 0 Å². The highest BCUT2D eigenvalue weighted by Gasteiger charge is 2.33. The fourth-order valence-corrected chi connectivity index (χ4v) is 4.54. The van der Waals surface area contributed by atoms with Crippen molar-refractivity contribution in [1.29, 1.82) is 0 Å². The summed E-state index contributed by atoms with van der Waals surface area (Å²) in [6.07, 6.45) is 3.15. The number of hydrogen-bond acceptors (Lipinski definition) is 6. The number of carbonyl (C=O) groups is 1. The molecule has 2 N–H and O–H groups in total. The smallest absolute Gasteiger partial charge is 0.232 e. The van der Waals surface area contributed by atoms with Gasteiger partial charge in [-0.25, -0.2) is 0 Å². The standard InChI is InChI=1S/C18H18N4O3S/c1-21-9-22(2)18(26(3)25)16(21)17(24)15-14-11(6-7-19-15)12-8-10(23)4-5-13(12)20-14/h4-8,20,23H,9H2,1-3H3. The first-order chi connectivity index (χ1) is 12.4. The van der Waals surface area contributed by atoms with E-state index in [2.05, 4.69) is 9.97 Å². The Morgan fingerprint density at radius 3 is 2.73 bits per heavy atom. The van der Waals surface area contributed by atoms with Crippen molar-refractivity contribution in [1.82, 2.24) is 19.8 Å². The molecule has 3 heterocycles. The number of aromatic nitrogens is 2. The Morgan fingerprint density at radius 1 is 1.23 bits per heavy atom. The molecule has 1 unspecified atom stereocenters. The number of hydrogen-bond donors (Lipinski definition) is 2. The predicted octanol–water partition coefficient (Wildman–Crippen LogP) is 1.99. The zero-order valence-corrected chi connectivity index (χ0v) is 15.4. The minimum absolute atomic E-state index is 0.159. The summed E-state index contributed by atoms with van der Waals surface area (Å²) >= 11 is 0. The summed E-state index contributed by atoms with van der Waals surface area (Å²) in [7, 11) is 2.32. The summed E-state index contributed by atoms with van der Waals surface area (Å²) in [6, 6.07) is 6.82. The van der Waals surface area contributed by atoms with Gasteiger partial charge in [0.15, 0.2) is 0 Å². The van der Waals surface area contributed by atoms with E-state index in [0.29, 0.717) is 22.9 Å². The molecule has 2 aromatic heterocycles. The highest BCUT2D eigenvalue weighted by molar-refractivity contribution is 7.88. The second-order valence-corrected chi connectivity index (χ2v) is 7.71. The SMILES string of the molecule is CN1CN(C)C(S(C)=O)=C1C(=O)c1nccc2c1[nH]c1ccc(O)cc12. The average Bonchev–Trinajstić information content (AvgIpc) is 3.10. The van der Waals surface area contributed by atoms with Crippen LogP contribution in [0.3, 0.4) is 0 Å². The van der Waals surface area contributed by atoms with Gasteiger partial charge in [0.05, 0.1) is 23.0 Å². The van der Waals surface area contributed by atoms with Gasteiger partial charge in [0.2, 0.25) is 5.78 Å². The quantitative estimate of drug-likeness (QED) is 0.686. The molecule has 1 aliphatic rings. The lowest BCUT2D eigenvalue weighted by Crippen LogP contribution is -2.24. The highest BCUT2D eigenvalue weighted by Crippen LogP contribution is 2.32. The van der Waals surface area contributed by atoms with Gasteiger partial charge in [-0.15, -0.1) is 0 Å². The first-order valence-electron chi connectivity index (χ1n) is 8.02. The summed E-state index contributed by atoms with van der Waals surface area (Å²) in [6.45, 7) is 0.493. The Hall–Kier alpha value is -2.87. The molecule has 0 spiro atoms. The van der Waals surface area contributed by atoms with E-state index in [1.807, 2.05) is 18.0 Å². The van der Waals surface area contributed by atoms with Gasteiger partial charge >= 0.3 is 0 Å². The van der Waals surface area contributed by atoms with Crippen LogP contribution in [0.2, 0.25) is 0 Å². The molecule has 1 aromatic carbocycles. The third-order valence-corrected chi connectivity index (χ3v) is 5.61. The number of phenols is 1. The van der Waals surface area contributed by atoms with Crippen LogP contribution in [0.4, 0.5) is 0 Å². The monoisotopic (exact) mass is 370 g/mol. The van der Waals surface area contributed by atoms with E-state index in [4.69, 9.17) is 0 Å². The maximum Gasteiger partial charge on any atom is 0.232 e. The van der Waals surface area contributed by atoms with Crippen molar-refractivity contribution in [3.8, 4) is 5.75 Å². The van der Waals surface area contributed by atoms with E-state index in [1.165, 1.54) is 0 Å². The number of carbonyl (C=O) groups excluding carboxylic acids is 1.